The van der Waals surface area contributed by atoms with E-state index in [1.807, 2.05) is 20.9 Å². The summed E-state index contributed by atoms with van der Waals surface area (Å²) in [5.74, 6) is 0. The number of urea groups is 1. The first-order valence-electron chi connectivity index (χ1n) is 5.18. The lowest BCUT2D eigenvalue weighted by Crippen LogP contribution is -2.43. The largest absolute Gasteiger partial charge is 0.337 e. The number of carbonyl (C=O) groups is 1. The molecular weight excluding hydrogens is 178 g/mol. The number of amides is 2. The van der Waals surface area contributed by atoms with Crippen molar-refractivity contribution >= 4 is 6.03 Å². The third-order valence-electron chi connectivity index (χ3n) is 2.05. The summed E-state index contributed by atoms with van der Waals surface area (Å²) in [6.07, 6.45) is 0. The van der Waals surface area contributed by atoms with E-state index in [0.717, 1.165) is 6.54 Å². The van der Waals surface area contributed by atoms with E-state index in [9.17, 15) is 4.79 Å². The zero-order chi connectivity index (χ0) is 11.1. The third kappa shape index (κ3) is 6.71. The highest BCUT2D eigenvalue weighted by atomic mass is 16.2. The van der Waals surface area contributed by atoms with Crippen LogP contribution in [-0.4, -0.2) is 43.2 Å². The molecule has 14 heavy (non-hydrogen) atoms. The van der Waals surface area contributed by atoms with E-state index in [1.54, 1.807) is 0 Å². The molecule has 0 fully saturated rings. The molecule has 0 aliphatic rings. The molecule has 0 aromatic heterocycles. The van der Waals surface area contributed by atoms with Crippen LogP contribution in [0, 0.1) is 0 Å². The van der Waals surface area contributed by atoms with Crippen molar-refractivity contribution < 1.29 is 4.79 Å². The monoisotopic (exact) mass is 201 g/mol. The number of likely N-dealkylation sites (N-methyl/N-ethyl adjacent to an activating group) is 1. The van der Waals surface area contributed by atoms with Crippen LogP contribution in [0.2, 0.25) is 0 Å². The lowest BCUT2D eigenvalue weighted by atomic mass is 10.3. The van der Waals surface area contributed by atoms with Gasteiger partial charge in [0.1, 0.15) is 0 Å². The zero-order valence-corrected chi connectivity index (χ0v) is 9.92. The van der Waals surface area contributed by atoms with Gasteiger partial charge in [-0.05, 0) is 34.7 Å². The van der Waals surface area contributed by atoms with Crippen molar-refractivity contribution in [1.29, 1.82) is 0 Å². The first kappa shape index (κ1) is 13.2. The predicted molar refractivity (Wildman–Crippen MR) is 59.4 cm³/mol. The molecule has 0 radical (unpaired) electrons. The van der Waals surface area contributed by atoms with Gasteiger partial charge in [-0.25, -0.2) is 4.79 Å². The van der Waals surface area contributed by atoms with Crippen LogP contribution in [-0.2, 0) is 0 Å². The number of nitrogens with one attached hydrogen (secondary N) is 2. The molecule has 2 N–H and O–H groups in total. The second-order valence-corrected chi connectivity index (χ2v) is 4.13. The van der Waals surface area contributed by atoms with E-state index in [0.29, 0.717) is 12.6 Å². The molecule has 0 saturated carbocycles. The Kier molecular flexibility index (Phi) is 6.28. The summed E-state index contributed by atoms with van der Waals surface area (Å²) < 4.78 is 0. The van der Waals surface area contributed by atoms with Crippen LogP contribution in [0.15, 0.2) is 0 Å². The topological polar surface area (TPSA) is 44.4 Å². The highest BCUT2D eigenvalue weighted by molar-refractivity contribution is 5.74. The summed E-state index contributed by atoms with van der Waals surface area (Å²) in [5, 5.41) is 5.59. The summed E-state index contributed by atoms with van der Waals surface area (Å²) >= 11 is 0. The number of hydrogen-bond donors (Lipinski definition) is 2. The van der Waals surface area contributed by atoms with Crippen molar-refractivity contribution in [3.8, 4) is 0 Å². The Hall–Kier alpha value is -0.770. The van der Waals surface area contributed by atoms with Gasteiger partial charge in [-0.2, -0.15) is 0 Å². The maximum Gasteiger partial charge on any atom is 0.315 e. The fourth-order valence-corrected chi connectivity index (χ4v) is 0.917. The molecule has 0 heterocycles. The van der Waals surface area contributed by atoms with E-state index >= 15 is 0 Å². The maximum absolute atomic E-state index is 11.2. The average molecular weight is 201 g/mol. The Morgan fingerprint density at radius 2 is 1.86 bits per heavy atom. The minimum atomic E-state index is -0.0860. The molecule has 2 amide bonds. The van der Waals surface area contributed by atoms with Crippen LogP contribution in [0.3, 0.4) is 0 Å². The molecule has 4 heteroatoms. The fourth-order valence-electron chi connectivity index (χ4n) is 0.917. The summed E-state index contributed by atoms with van der Waals surface area (Å²) in [4.78, 5) is 13.4. The molecule has 0 aliphatic heterocycles. The van der Waals surface area contributed by atoms with Crippen LogP contribution < -0.4 is 10.6 Å². The van der Waals surface area contributed by atoms with Gasteiger partial charge in [0.25, 0.3) is 0 Å². The van der Waals surface area contributed by atoms with Gasteiger partial charge in [-0.1, -0.05) is 0 Å². The molecule has 0 rings (SSSR count). The van der Waals surface area contributed by atoms with Crippen molar-refractivity contribution in [1.82, 2.24) is 15.5 Å². The summed E-state index contributed by atoms with van der Waals surface area (Å²) in [6.45, 7) is 9.72. The van der Waals surface area contributed by atoms with Gasteiger partial charge in [0, 0.05) is 25.2 Å². The van der Waals surface area contributed by atoms with Crippen LogP contribution in [0.1, 0.15) is 27.7 Å². The standard InChI is InChI=1S/C10H23N3O/c1-8(2)12-10(14)11-6-7-13(5)9(3)4/h8-9H,6-7H2,1-5H3,(H2,11,12,14). The lowest BCUT2D eigenvalue weighted by molar-refractivity contribution is 0.232. The molecule has 0 atom stereocenters. The first-order chi connectivity index (χ1) is 6.43. The van der Waals surface area contributed by atoms with E-state index in [4.69, 9.17) is 0 Å². The van der Waals surface area contributed by atoms with Gasteiger partial charge in [0.2, 0.25) is 0 Å². The summed E-state index contributed by atoms with van der Waals surface area (Å²) in [5.41, 5.74) is 0. The molecule has 0 spiro atoms. The van der Waals surface area contributed by atoms with E-state index in [2.05, 4.69) is 29.4 Å². The average Bonchev–Trinajstić information content (AvgIpc) is 2.02. The normalized spacial score (nSPS) is 11.1. The Balaban J connectivity index is 3.49. The number of carbonyl (C=O) groups excluding carboxylic acids is 1. The van der Waals surface area contributed by atoms with Gasteiger partial charge < -0.3 is 15.5 Å². The van der Waals surface area contributed by atoms with Gasteiger partial charge >= 0.3 is 6.03 Å². The van der Waals surface area contributed by atoms with Crippen LogP contribution in [0.25, 0.3) is 0 Å². The molecule has 0 aliphatic carbocycles. The maximum atomic E-state index is 11.2. The molecule has 4 nitrogen and oxygen atoms in total. The van der Waals surface area contributed by atoms with E-state index < -0.39 is 0 Å². The van der Waals surface area contributed by atoms with Crippen molar-refractivity contribution in [2.45, 2.75) is 39.8 Å². The van der Waals surface area contributed by atoms with Gasteiger partial charge in [0.05, 0.1) is 0 Å². The van der Waals surface area contributed by atoms with Crippen molar-refractivity contribution in [2.75, 3.05) is 20.1 Å². The summed E-state index contributed by atoms with van der Waals surface area (Å²) in [6, 6.07) is 0.625. The van der Waals surface area contributed by atoms with Gasteiger partial charge in [-0.3, -0.25) is 0 Å². The molecule has 84 valence electrons. The van der Waals surface area contributed by atoms with Crippen LogP contribution in [0.4, 0.5) is 4.79 Å². The van der Waals surface area contributed by atoms with Crippen molar-refractivity contribution in [3.63, 3.8) is 0 Å². The van der Waals surface area contributed by atoms with E-state index in [-0.39, 0.29) is 12.1 Å². The first-order valence-corrected chi connectivity index (χ1v) is 5.18. The number of rotatable bonds is 5. The Labute approximate surface area is 87.0 Å². The second-order valence-electron chi connectivity index (χ2n) is 4.13. The lowest BCUT2D eigenvalue weighted by Gasteiger charge is -2.21. The Morgan fingerprint density at radius 3 is 2.29 bits per heavy atom. The quantitative estimate of drug-likeness (QED) is 0.698. The molecule has 0 unspecified atom stereocenters. The van der Waals surface area contributed by atoms with Gasteiger partial charge in [-0.15, -0.1) is 0 Å². The zero-order valence-electron chi connectivity index (χ0n) is 9.92. The number of hydrogen-bond acceptors (Lipinski definition) is 2. The Bertz CT molecular complexity index is 169. The summed E-state index contributed by atoms with van der Waals surface area (Å²) in [7, 11) is 2.05. The van der Waals surface area contributed by atoms with Crippen LogP contribution in [0.5, 0.6) is 0 Å². The minimum absolute atomic E-state index is 0.0860. The minimum Gasteiger partial charge on any atom is -0.337 e. The predicted octanol–water partition coefficient (Wildman–Crippen LogP) is 1.03. The SMILES string of the molecule is CC(C)NC(=O)NCCN(C)C(C)C. The molecule has 0 aromatic carbocycles. The molecular formula is C10H23N3O. The van der Waals surface area contributed by atoms with Crippen molar-refractivity contribution in [3.05, 3.63) is 0 Å². The second kappa shape index (κ2) is 6.65. The van der Waals surface area contributed by atoms with Crippen LogP contribution >= 0.6 is 0 Å². The highest BCUT2D eigenvalue weighted by Crippen LogP contribution is 1.90. The highest BCUT2D eigenvalue weighted by Gasteiger charge is 2.04. The van der Waals surface area contributed by atoms with Crippen molar-refractivity contribution in [2.24, 2.45) is 0 Å². The Morgan fingerprint density at radius 1 is 1.29 bits per heavy atom. The fraction of sp³-hybridized carbons (Fsp3) is 0.900. The molecule has 0 bridgehead atoms. The molecule has 0 aromatic rings. The smallest absolute Gasteiger partial charge is 0.315 e. The molecule has 0 saturated heterocycles. The van der Waals surface area contributed by atoms with E-state index in [1.165, 1.54) is 0 Å². The third-order valence-corrected chi connectivity index (χ3v) is 2.05. The van der Waals surface area contributed by atoms with Gasteiger partial charge in [0.15, 0.2) is 0 Å². The number of nitrogens with zero attached hydrogens (tertiary/aromatic N) is 1.